The topological polar surface area (TPSA) is 82.9 Å². The van der Waals surface area contributed by atoms with Gasteiger partial charge in [0.25, 0.3) is 0 Å². The van der Waals surface area contributed by atoms with Crippen LogP contribution in [0.15, 0.2) is 42.7 Å². The van der Waals surface area contributed by atoms with Crippen LogP contribution in [-0.4, -0.2) is 61.7 Å². The first kappa shape index (κ1) is 18.3. The van der Waals surface area contributed by atoms with Crippen molar-refractivity contribution in [1.82, 2.24) is 29.6 Å². The van der Waals surface area contributed by atoms with E-state index in [1.165, 1.54) is 5.56 Å². The van der Waals surface area contributed by atoms with Gasteiger partial charge in [-0.2, -0.15) is 5.10 Å². The lowest BCUT2D eigenvalue weighted by atomic mass is 10.1. The van der Waals surface area contributed by atoms with Crippen molar-refractivity contribution in [3.63, 3.8) is 0 Å². The molecule has 9 heteroatoms. The van der Waals surface area contributed by atoms with Crippen LogP contribution in [0.2, 0.25) is 0 Å². The van der Waals surface area contributed by atoms with E-state index in [0.29, 0.717) is 42.7 Å². The van der Waals surface area contributed by atoms with Crippen molar-refractivity contribution in [3.05, 3.63) is 53.1 Å². The van der Waals surface area contributed by atoms with Crippen LogP contribution >= 0.6 is 12.2 Å². The van der Waals surface area contributed by atoms with Crippen molar-refractivity contribution < 1.29 is 4.79 Å². The minimum atomic E-state index is 0.0273. The predicted molar refractivity (Wildman–Crippen MR) is 108 cm³/mol. The number of anilines is 1. The molecule has 0 bridgehead atoms. The number of amides is 1. The van der Waals surface area contributed by atoms with Gasteiger partial charge in [0.2, 0.25) is 11.9 Å². The van der Waals surface area contributed by atoms with Crippen LogP contribution in [0.1, 0.15) is 5.56 Å². The summed E-state index contributed by atoms with van der Waals surface area (Å²) in [6.07, 6.45) is 3.46. The molecule has 1 fully saturated rings. The maximum Gasteiger partial charge on any atom is 0.242 e. The molecule has 1 aromatic carbocycles. The fourth-order valence-corrected chi connectivity index (χ4v) is 3.43. The van der Waals surface area contributed by atoms with E-state index < -0.39 is 0 Å². The third kappa shape index (κ3) is 3.79. The zero-order valence-corrected chi connectivity index (χ0v) is 16.4. The van der Waals surface area contributed by atoms with Crippen molar-refractivity contribution in [1.29, 1.82) is 0 Å². The molecule has 0 saturated carbocycles. The molecular weight excluding hydrogens is 374 g/mol. The summed E-state index contributed by atoms with van der Waals surface area (Å²) < 4.78 is 2.20. The van der Waals surface area contributed by atoms with Crippen molar-refractivity contribution in [2.45, 2.75) is 13.5 Å². The highest BCUT2D eigenvalue weighted by atomic mass is 32.1. The van der Waals surface area contributed by atoms with Crippen molar-refractivity contribution in [2.75, 3.05) is 31.1 Å². The molecule has 0 aliphatic carbocycles. The third-order valence-corrected chi connectivity index (χ3v) is 5.14. The highest BCUT2D eigenvalue weighted by Crippen LogP contribution is 2.18. The first-order valence-corrected chi connectivity index (χ1v) is 9.54. The summed E-state index contributed by atoms with van der Waals surface area (Å²) in [5.41, 5.74) is 2.09. The van der Waals surface area contributed by atoms with Gasteiger partial charge in [-0.15, -0.1) is 0 Å². The number of aromatic nitrogens is 5. The Kier molecular flexibility index (Phi) is 5.16. The van der Waals surface area contributed by atoms with Gasteiger partial charge in [0.15, 0.2) is 10.6 Å². The normalized spacial score (nSPS) is 14.3. The minimum absolute atomic E-state index is 0.0273. The molecule has 3 aromatic rings. The average Bonchev–Trinajstić information content (AvgIpc) is 3.09. The zero-order valence-electron chi connectivity index (χ0n) is 15.6. The van der Waals surface area contributed by atoms with E-state index in [1.807, 2.05) is 36.1 Å². The molecule has 4 rings (SSSR count). The van der Waals surface area contributed by atoms with Gasteiger partial charge >= 0.3 is 0 Å². The number of rotatable bonds is 4. The van der Waals surface area contributed by atoms with Gasteiger partial charge in [-0.25, -0.2) is 9.97 Å². The summed E-state index contributed by atoms with van der Waals surface area (Å²) in [5, 5.41) is 7.12. The molecule has 144 valence electrons. The lowest BCUT2D eigenvalue weighted by Gasteiger charge is -2.34. The maximum atomic E-state index is 12.9. The molecular formula is C19H21N7OS. The molecule has 1 amide bonds. The SMILES string of the molecule is Cc1ccc(-c2n[nH]c(=S)n2CC(=O)N2CCN(c3ncccn3)CC2)cc1. The molecule has 3 heterocycles. The largest absolute Gasteiger partial charge is 0.338 e. The van der Waals surface area contributed by atoms with Crippen LogP contribution in [0.5, 0.6) is 0 Å². The Hall–Kier alpha value is -3.07. The van der Waals surface area contributed by atoms with Gasteiger partial charge < -0.3 is 9.80 Å². The Balaban J connectivity index is 1.44. The van der Waals surface area contributed by atoms with Crippen molar-refractivity contribution in [3.8, 4) is 11.4 Å². The Morgan fingerprint density at radius 3 is 2.46 bits per heavy atom. The van der Waals surface area contributed by atoms with E-state index in [-0.39, 0.29) is 12.5 Å². The van der Waals surface area contributed by atoms with Crippen LogP contribution in [-0.2, 0) is 11.3 Å². The summed E-state index contributed by atoms with van der Waals surface area (Å²) in [5.74, 6) is 1.41. The second kappa shape index (κ2) is 7.89. The molecule has 1 saturated heterocycles. The number of nitrogens with one attached hydrogen (secondary N) is 1. The number of aromatic amines is 1. The van der Waals surface area contributed by atoms with E-state index >= 15 is 0 Å². The minimum Gasteiger partial charge on any atom is -0.338 e. The number of H-pyrrole nitrogens is 1. The van der Waals surface area contributed by atoms with Gasteiger partial charge in [0.05, 0.1) is 0 Å². The Morgan fingerprint density at radius 1 is 1.11 bits per heavy atom. The molecule has 1 aliphatic heterocycles. The van der Waals surface area contributed by atoms with Crippen LogP contribution in [0.3, 0.4) is 0 Å². The summed E-state index contributed by atoms with van der Waals surface area (Å²) in [4.78, 5) is 25.4. The molecule has 1 aliphatic rings. The molecule has 0 atom stereocenters. The predicted octanol–water partition coefficient (Wildman–Crippen LogP) is 2.05. The number of piperazine rings is 1. The summed E-state index contributed by atoms with van der Waals surface area (Å²) in [6.45, 7) is 4.86. The summed E-state index contributed by atoms with van der Waals surface area (Å²) in [6, 6.07) is 9.80. The van der Waals surface area contributed by atoms with Gasteiger partial charge in [-0.3, -0.25) is 14.5 Å². The molecule has 0 radical (unpaired) electrons. The van der Waals surface area contributed by atoms with Gasteiger partial charge in [-0.1, -0.05) is 29.8 Å². The average molecular weight is 395 g/mol. The number of carbonyl (C=O) groups is 1. The zero-order chi connectivity index (χ0) is 19.5. The van der Waals surface area contributed by atoms with E-state index in [4.69, 9.17) is 12.2 Å². The molecule has 0 unspecified atom stereocenters. The molecule has 0 spiro atoms. The Bertz CT molecular complexity index is 1000. The second-order valence-corrected chi connectivity index (χ2v) is 7.11. The summed E-state index contributed by atoms with van der Waals surface area (Å²) in [7, 11) is 0. The van der Waals surface area contributed by atoms with Crippen LogP contribution in [0.4, 0.5) is 5.95 Å². The van der Waals surface area contributed by atoms with E-state index in [9.17, 15) is 4.79 Å². The number of carbonyl (C=O) groups excluding carboxylic acids is 1. The lowest BCUT2D eigenvalue weighted by Crippen LogP contribution is -2.50. The molecule has 2 aromatic heterocycles. The van der Waals surface area contributed by atoms with E-state index in [1.54, 1.807) is 23.0 Å². The van der Waals surface area contributed by atoms with Crippen molar-refractivity contribution >= 4 is 24.1 Å². The maximum absolute atomic E-state index is 12.9. The number of hydrogen-bond donors (Lipinski definition) is 1. The monoisotopic (exact) mass is 395 g/mol. The smallest absolute Gasteiger partial charge is 0.242 e. The van der Waals surface area contributed by atoms with Gasteiger partial charge in [0, 0.05) is 44.1 Å². The standard InChI is InChI=1S/C19H21N7OS/c1-14-3-5-15(6-4-14)17-22-23-19(28)26(17)13-16(27)24-9-11-25(12-10-24)18-20-7-2-8-21-18/h2-8H,9-13H2,1H3,(H,23,28). The first-order valence-electron chi connectivity index (χ1n) is 9.14. The Labute approximate surface area is 167 Å². The first-order chi connectivity index (χ1) is 13.6. The molecule has 28 heavy (non-hydrogen) atoms. The highest BCUT2D eigenvalue weighted by molar-refractivity contribution is 7.71. The third-order valence-electron chi connectivity index (χ3n) is 4.83. The van der Waals surface area contributed by atoms with E-state index in [2.05, 4.69) is 25.1 Å². The van der Waals surface area contributed by atoms with Gasteiger partial charge in [0.1, 0.15) is 6.54 Å². The number of benzene rings is 1. The number of aryl methyl sites for hydroxylation is 1. The Morgan fingerprint density at radius 2 is 1.79 bits per heavy atom. The fourth-order valence-electron chi connectivity index (χ4n) is 3.23. The second-order valence-electron chi connectivity index (χ2n) is 6.72. The van der Waals surface area contributed by atoms with Crippen LogP contribution in [0, 0.1) is 11.7 Å². The quantitative estimate of drug-likeness (QED) is 0.681. The fraction of sp³-hybridized carbons (Fsp3) is 0.316. The molecule has 1 N–H and O–H groups in total. The van der Waals surface area contributed by atoms with E-state index in [0.717, 1.165) is 5.56 Å². The summed E-state index contributed by atoms with van der Waals surface area (Å²) >= 11 is 5.35. The van der Waals surface area contributed by atoms with Crippen LogP contribution in [0.25, 0.3) is 11.4 Å². The number of nitrogens with zero attached hydrogens (tertiary/aromatic N) is 6. The number of hydrogen-bond acceptors (Lipinski definition) is 6. The molecule has 8 nitrogen and oxygen atoms in total. The highest BCUT2D eigenvalue weighted by Gasteiger charge is 2.23. The van der Waals surface area contributed by atoms with Crippen LogP contribution < -0.4 is 4.90 Å². The van der Waals surface area contributed by atoms with Crippen molar-refractivity contribution in [2.24, 2.45) is 0 Å². The lowest BCUT2D eigenvalue weighted by molar-refractivity contribution is -0.132. The van der Waals surface area contributed by atoms with Gasteiger partial charge in [-0.05, 0) is 25.2 Å².